The molecule has 2 fully saturated rings. The third-order valence-corrected chi connectivity index (χ3v) is 6.32. The summed E-state index contributed by atoms with van der Waals surface area (Å²) in [5.41, 5.74) is -0.0648. The molecule has 0 spiro atoms. The first-order valence-corrected chi connectivity index (χ1v) is 11.4. The summed E-state index contributed by atoms with van der Waals surface area (Å²) in [5, 5.41) is 15.2. The molecule has 5 rings (SSSR count). The van der Waals surface area contributed by atoms with Crippen molar-refractivity contribution in [1.29, 1.82) is 5.26 Å². The molecule has 170 valence electrons. The maximum absolute atomic E-state index is 13.1. The minimum atomic E-state index is -0.893. The van der Waals surface area contributed by atoms with Crippen molar-refractivity contribution in [2.24, 2.45) is 0 Å². The molecule has 2 atom stereocenters. The quantitative estimate of drug-likeness (QED) is 0.660. The number of ether oxygens (including phenoxy) is 2. The van der Waals surface area contributed by atoms with Gasteiger partial charge in [0.25, 0.3) is 0 Å². The fraction of sp³-hybridized carbons (Fsp3) is 0.522. The topological polar surface area (TPSA) is 104 Å². The highest BCUT2D eigenvalue weighted by molar-refractivity contribution is 6.32. The molecule has 8 nitrogen and oxygen atoms in total. The van der Waals surface area contributed by atoms with Crippen molar-refractivity contribution in [2.75, 3.05) is 19.7 Å². The molecule has 4 aliphatic rings. The summed E-state index contributed by atoms with van der Waals surface area (Å²) in [4.78, 5) is 27.7. The monoisotopic (exact) mass is 458 g/mol. The third-order valence-electron chi connectivity index (χ3n) is 6.03. The molecule has 2 N–H and O–H groups in total. The van der Waals surface area contributed by atoms with Crippen LogP contribution in [-0.2, 0) is 16.0 Å². The van der Waals surface area contributed by atoms with E-state index in [1.165, 1.54) is 0 Å². The lowest BCUT2D eigenvalue weighted by atomic mass is 10.1. The second kappa shape index (κ2) is 9.80. The Morgan fingerprint density at radius 2 is 2.19 bits per heavy atom. The van der Waals surface area contributed by atoms with Gasteiger partial charge in [-0.1, -0.05) is 29.8 Å². The zero-order valence-electron chi connectivity index (χ0n) is 17.8. The number of amides is 2. The predicted octanol–water partition coefficient (Wildman–Crippen LogP) is 2.91. The van der Waals surface area contributed by atoms with Crippen LogP contribution >= 0.6 is 11.6 Å². The lowest BCUT2D eigenvalue weighted by molar-refractivity contribution is -0.128. The molecule has 3 heterocycles. The van der Waals surface area contributed by atoms with E-state index in [4.69, 9.17) is 21.1 Å². The predicted molar refractivity (Wildman–Crippen MR) is 118 cm³/mol. The fourth-order valence-corrected chi connectivity index (χ4v) is 4.34. The highest BCUT2D eigenvalue weighted by Crippen LogP contribution is 2.34. The maximum atomic E-state index is 13.1. The van der Waals surface area contributed by atoms with E-state index in [-0.39, 0.29) is 18.4 Å². The van der Waals surface area contributed by atoms with Gasteiger partial charge in [0.05, 0.1) is 17.1 Å². The molecule has 2 amide bonds. The first-order chi connectivity index (χ1) is 15.5. The van der Waals surface area contributed by atoms with E-state index in [1.807, 2.05) is 18.2 Å². The number of hydrogen-bond donors (Lipinski definition) is 2. The molecular formula is C23H27ClN4O4. The molecule has 1 unspecified atom stereocenters. The molecule has 1 aromatic carbocycles. The number of carbonyl (C=O) groups excluding carboxylic acids is 2. The Labute approximate surface area is 192 Å². The standard InChI is InChI=1S/C23H27ClN4O4/c24-17-13-16-6-7-19(17)31-12-3-1-2-10-28-11-4-5-18(28)21(29)26-20(14-16)32-22(30)27-23(15-25)8-9-23/h1,3,6-7,13,18,20H,2,4-5,8-12,14H2,(H,26,29)(H,27,30)/b3-1+/t18?,20-/m0/s1. The van der Waals surface area contributed by atoms with Crippen LogP contribution in [0.1, 0.15) is 37.7 Å². The van der Waals surface area contributed by atoms with Gasteiger partial charge in [0.2, 0.25) is 5.91 Å². The summed E-state index contributed by atoms with van der Waals surface area (Å²) in [6, 6.07) is 7.18. The summed E-state index contributed by atoms with van der Waals surface area (Å²) in [6.07, 6.45) is 6.32. The minimum absolute atomic E-state index is 0.163. The van der Waals surface area contributed by atoms with Crippen LogP contribution in [0.4, 0.5) is 4.79 Å². The van der Waals surface area contributed by atoms with Crippen LogP contribution in [0.5, 0.6) is 5.75 Å². The number of nitrogens with zero attached hydrogens (tertiary/aromatic N) is 2. The number of carbonyl (C=O) groups is 2. The van der Waals surface area contributed by atoms with Crippen LogP contribution in [0.2, 0.25) is 5.02 Å². The number of benzene rings is 1. The third kappa shape index (κ3) is 5.53. The highest BCUT2D eigenvalue weighted by atomic mass is 35.5. The SMILES string of the molecule is N#CC1(NC(=O)O[C@H]2Cc3ccc(c(Cl)c3)OC/C=C/CCN3CCCC3C(=O)N2)CC1. The van der Waals surface area contributed by atoms with Gasteiger partial charge in [-0.05, 0) is 56.3 Å². The molecule has 1 aromatic rings. The van der Waals surface area contributed by atoms with Crippen molar-refractivity contribution in [3.05, 3.63) is 40.9 Å². The van der Waals surface area contributed by atoms with Gasteiger partial charge in [0.1, 0.15) is 17.9 Å². The van der Waals surface area contributed by atoms with Gasteiger partial charge in [0.15, 0.2) is 6.23 Å². The van der Waals surface area contributed by atoms with Crippen molar-refractivity contribution in [2.45, 2.75) is 56.3 Å². The molecule has 2 bridgehead atoms. The van der Waals surface area contributed by atoms with Crippen molar-refractivity contribution >= 4 is 23.6 Å². The van der Waals surface area contributed by atoms with Crippen LogP contribution in [0.15, 0.2) is 30.4 Å². The molecule has 1 aliphatic carbocycles. The number of nitrogens with one attached hydrogen (secondary N) is 2. The van der Waals surface area contributed by atoms with E-state index in [1.54, 1.807) is 12.1 Å². The molecule has 0 aromatic heterocycles. The second-order valence-corrected chi connectivity index (χ2v) is 8.86. The summed E-state index contributed by atoms with van der Waals surface area (Å²) in [5.74, 6) is 0.402. The molecular weight excluding hydrogens is 432 g/mol. The van der Waals surface area contributed by atoms with E-state index in [2.05, 4.69) is 21.6 Å². The number of nitriles is 1. The van der Waals surface area contributed by atoms with Crippen molar-refractivity contribution in [3.8, 4) is 11.8 Å². The lowest BCUT2D eigenvalue weighted by Crippen LogP contribution is -2.50. The zero-order valence-corrected chi connectivity index (χ0v) is 18.6. The van der Waals surface area contributed by atoms with E-state index in [0.29, 0.717) is 30.2 Å². The molecule has 3 aliphatic heterocycles. The fourth-order valence-electron chi connectivity index (χ4n) is 4.08. The maximum Gasteiger partial charge on any atom is 0.410 e. The van der Waals surface area contributed by atoms with E-state index < -0.39 is 17.9 Å². The van der Waals surface area contributed by atoms with Crippen LogP contribution in [0.25, 0.3) is 0 Å². The van der Waals surface area contributed by atoms with E-state index in [0.717, 1.165) is 37.9 Å². The van der Waals surface area contributed by atoms with Gasteiger partial charge in [-0.3, -0.25) is 9.69 Å². The lowest BCUT2D eigenvalue weighted by Gasteiger charge is -2.26. The van der Waals surface area contributed by atoms with Gasteiger partial charge in [0, 0.05) is 13.0 Å². The van der Waals surface area contributed by atoms with Gasteiger partial charge >= 0.3 is 6.09 Å². The highest BCUT2D eigenvalue weighted by Gasteiger charge is 2.45. The normalized spacial score (nSPS) is 26.2. The van der Waals surface area contributed by atoms with E-state index in [9.17, 15) is 14.9 Å². The molecule has 1 saturated carbocycles. The number of fused-ring (bicyclic) bond motifs is 9. The molecule has 32 heavy (non-hydrogen) atoms. The van der Waals surface area contributed by atoms with Crippen molar-refractivity contribution in [1.82, 2.24) is 15.5 Å². The Hall–Kier alpha value is -2.76. The Balaban J connectivity index is 1.53. The first-order valence-electron chi connectivity index (χ1n) is 11.0. The van der Waals surface area contributed by atoms with Crippen LogP contribution in [0, 0.1) is 11.3 Å². The van der Waals surface area contributed by atoms with Gasteiger partial charge in [-0.15, -0.1) is 0 Å². The Morgan fingerprint density at radius 3 is 2.94 bits per heavy atom. The van der Waals surface area contributed by atoms with Gasteiger partial charge in [-0.2, -0.15) is 5.26 Å². The average Bonchev–Trinajstić information content (AvgIpc) is 3.36. The summed E-state index contributed by atoms with van der Waals surface area (Å²) < 4.78 is 11.3. The number of alkyl carbamates (subject to hydrolysis) is 1. The zero-order chi connectivity index (χ0) is 22.6. The Morgan fingerprint density at radius 1 is 1.34 bits per heavy atom. The van der Waals surface area contributed by atoms with Crippen molar-refractivity contribution < 1.29 is 19.1 Å². The second-order valence-electron chi connectivity index (χ2n) is 8.46. The smallest absolute Gasteiger partial charge is 0.410 e. The first kappa shape index (κ1) is 22.4. The van der Waals surface area contributed by atoms with Crippen molar-refractivity contribution in [3.63, 3.8) is 0 Å². The Bertz CT molecular complexity index is 940. The molecule has 1 saturated heterocycles. The van der Waals surface area contributed by atoms with Crippen LogP contribution in [0.3, 0.4) is 0 Å². The van der Waals surface area contributed by atoms with Crippen LogP contribution in [-0.4, -0.2) is 54.4 Å². The van der Waals surface area contributed by atoms with E-state index >= 15 is 0 Å². The largest absolute Gasteiger partial charge is 0.488 e. The van der Waals surface area contributed by atoms with Gasteiger partial charge in [-0.25, -0.2) is 4.79 Å². The summed E-state index contributed by atoms with van der Waals surface area (Å²) >= 11 is 6.36. The minimum Gasteiger partial charge on any atom is -0.488 e. The number of hydrogen-bond acceptors (Lipinski definition) is 6. The average molecular weight is 459 g/mol. The summed E-state index contributed by atoms with van der Waals surface area (Å²) in [6.45, 7) is 2.03. The molecule has 0 radical (unpaired) electrons. The molecule has 9 heteroatoms. The van der Waals surface area contributed by atoms with Gasteiger partial charge < -0.3 is 20.1 Å². The number of rotatable bonds is 2. The number of halogens is 1. The Kier molecular flexibility index (Phi) is 6.87. The van der Waals surface area contributed by atoms with Crippen LogP contribution < -0.4 is 15.4 Å². The summed E-state index contributed by atoms with van der Waals surface area (Å²) in [7, 11) is 0.